The minimum absolute atomic E-state index is 0.171. The van der Waals surface area contributed by atoms with Crippen LogP contribution in [0.5, 0.6) is 0 Å². The summed E-state index contributed by atoms with van der Waals surface area (Å²) in [5.74, 6) is -0.437. The molecule has 0 aliphatic carbocycles. The summed E-state index contributed by atoms with van der Waals surface area (Å²) < 4.78 is 25.5. The van der Waals surface area contributed by atoms with Crippen LogP contribution in [0.4, 0.5) is 11.4 Å². The van der Waals surface area contributed by atoms with E-state index in [1.807, 2.05) is 19.1 Å². The summed E-state index contributed by atoms with van der Waals surface area (Å²) in [6, 6.07) is 12.3. The summed E-state index contributed by atoms with van der Waals surface area (Å²) in [4.78, 5) is 15.0. The van der Waals surface area contributed by atoms with Crippen LogP contribution in [-0.4, -0.2) is 40.2 Å². The predicted octanol–water partition coefficient (Wildman–Crippen LogP) is 4.24. The lowest BCUT2D eigenvalue weighted by molar-refractivity contribution is -0.120. The summed E-state index contributed by atoms with van der Waals surface area (Å²) >= 11 is 12.1. The number of carbonyl (C=O) groups excluding carboxylic acids is 1. The van der Waals surface area contributed by atoms with Gasteiger partial charge in [0.15, 0.2) is 0 Å². The molecule has 1 atom stereocenters. The smallest absolute Gasteiger partial charge is 0.241 e. The van der Waals surface area contributed by atoms with Gasteiger partial charge in [-0.25, -0.2) is 8.42 Å². The molecule has 1 saturated heterocycles. The maximum absolute atomic E-state index is 12.6. The number of sulfonamides is 1. The Bertz CT molecular complexity index is 1010. The van der Waals surface area contributed by atoms with E-state index < -0.39 is 22.5 Å². The zero-order valence-electron chi connectivity index (χ0n) is 16.9. The second kappa shape index (κ2) is 9.45. The summed E-state index contributed by atoms with van der Waals surface area (Å²) in [5, 5.41) is 3.38. The van der Waals surface area contributed by atoms with Crippen LogP contribution in [0.2, 0.25) is 10.0 Å². The molecule has 30 heavy (non-hydrogen) atoms. The third-order valence-corrected chi connectivity index (χ3v) is 6.79. The highest BCUT2D eigenvalue weighted by Gasteiger charge is 2.24. The fraction of sp³-hybridized carbons (Fsp3) is 0.381. The van der Waals surface area contributed by atoms with E-state index in [1.165, 1.54) is 30.7 Å². The molecule has 0 aromatic heterocycles. The first-order valence-corrected chi connectivity index (χ1v) is 12.3. The number of nitrogens with zero attached hydrogens (tertiary/aromatic N) is 2. The van der Waals surface area contributed by atoms with Crippen molar-refractivity contribution in [3.8, 4) is 0 Å². The number of carbonyl (C=O) groups is 1. The standard InChI is InChI=1S/C21H25Cl2N3O3S/c1-15(16-5-8-18(9-6-16)25-11-3-4-12-25)24-21(27)14-26(30(2,28)29)20-13-17(22)7-10-19(20)23/h5-10,13,15H,3-4,11-12,14H2,1-2H3,(H,24,27). The van der Waals surface area contributed by atoms with Crippen molar-refractivity contribution < 1.29 is 13.2 Å². The normalized spacial score (nSPS) is 15.1. The number of hydrogen-bond donors (Lipinski definition) is 1. The van der Waals surface area contributed by atoms with Crippen LogP contribution >= 0.6 is 23.2 Å². The highest BCUT2D eigenvalue weighted by atomic mass is 35.5. The van der Waals surface area contributed by atoms with E-state index in [4.69, 9.17) is 23.2 Å². The predicted molar refractivity (Wildman–Crippen MR) is 123 cm³/mol. The molecule has 0 radical (unpaired) electrons. The van der Waals surface area contributed by atoms with Crippen LogP contribution in [0, 0.1) is 0 Å². The van der Waals surface area contributed by atoms with Gasteiger partial charge in [-0.2, -0.15) is 0 Å². The van der Waals surface area contributed by atoms with E-state index in [1.54, 1.807) is 6.07 Å². The molecule has 0 spiro atoms. The highest BCUT2D eigenvalue weighted by molar-refractivity contribution is 7.92. The number of halogens is 2. The van der Waals surface area contributed by atoms with Gasteiger partial charge in [-0.3, -0.25) is 9.10 Å². The first kappa shape index (κ1) is 22.7. The third kappa shape index (κ3) is 5.59. The summed E-state index contributed by atoms with van der Waals surface area (Å²) in [6.45, 7) is 3.60. The molecule has 2 aromatic carbocycles. The van der Waals surface area contributed by atoms with E-state index in [9.17, 15) is 13.2 Å². The first-order chi connectivity index (χ1) is 14.1. The Hall–Kier alpha value is -1.96. The second-order valence-corrected chi connectivity index (χ2v) is 10.2. The summed E-state index contributed by atoms with van der Waals surface area (Å²) in [7, 11) is -3.74. The molecule has 1 amide bonds. The lowest BCUT2D eigenvalue weighted by atomic mass is 10.1. The molecule has 1 N–H and O–H groups in total. The van der Waals surface area contributed by atoms with Gasteiger partial charge >= 0.3 is 0 Å². The zero-order chi connectivity index (χ0) is 21.9. The average molecular weight is 470 g/mol. The Morgan fingerprint density at radius 1 is 1.13 bits per heavy atom. The van der Waals surface area contributed by atoms with Crippen molar-refractivity contribution in [3.05, 3.63) is 58.1 Å². The number of hydrogen-bond acceptors (Lipinski definition) is 4. The topological polar surface area (TPSA) is 69.7 Å². The van der Waals surface area contributed by atoms with Crippen molar-refractivity contribution >= 4 is 50.5 Å². The molecule has 9 heteroatoms. The van der Waals surface area contributed by atoms with Crippen molar-refractivity contribution in [1.82, 2.24) is 5.32 Å². The fourth-order valence-electron chi connectivity index (χ4n) is 3.51. The van der Waals surface area contributed by atoms with Gasteiger partial charge in [-0.15, -0.1) is 0 Å². The molecule has 1 aliphatic rings. The molecule has 1 unspecified atom stereocenters. The van der Waals surface area contributed by atoms with Gasteiger partial charge in [-0.05, 0) is 55.7 Å². The van der Waals surface area contributed by atoms with Gasteiger partial charge in [0.2, 0.25) is 15.9 Å². The van der Waals surface area contributed by atoms with Crippen LogP contribution < -0.4 is 14.5 Å². The molecule has 162 valence electrons. The average Bonchev–Trinajstić information content (AvgIpc) is 3.22. The number of amides is 1. The largest absolute Gasteiger partial charge is 0.372 e. The summed E-state index contributed by atoms with van der Waals surface area (Å²) in [6.07, 6.45) is 3.45. The van der Waals surface area contributed by atoms with Crippen LogP contribution in [0.3, 0.4) is 0 Å². The molecular weight excluding hydrogens is 445 g/mol. The van der Waals surface area contributed by atoms with Crippen molar-refractivity contribution in [3.63, 3.8) is 0 Å². The summed E-state index contributed by atoms with van der Waals surface area (Å²) in [5.41, 5.74) is 2.29. The third-order valence-electron chi connectivity index (χ3n) is 5.11. The Morgan fingerprint density at radius 3 is 2.37 bits per heavy atom. The van der Waals surface area contributed by atoms with E-state index in [-0.39, 0.29) is 16.8 Å². The fourth-order valence-corrected chi connectivity index (χ4v) is 4.80. The van der Waals surface area contributed by atoms with Crippen LogP contribution in [-0.2, 0) is 14.8 Å². The van der Waals surface area contributed by atoms with E-state index in [2.05, 4.69) is 22.3 Å². The molecule has 1 heterocycles. The van der Waals surface area contributed by atoms with E-state index in [0.29, 0.717) is 5.02 Å². The first-order valence-electron chi connectivity index (χ1n) is 9.72. The molecule has 3 rings (SSSR count). The Morgan fingerprint density at radius 2 is 1.77 bits per heavy atom. The van der Waals surface area contributed by atoms with E-state index in [0.717, 1.165) is 29.2 Å². The molecular formula is C21H25Cl2N3O3S. The van der Waals surface area contributed by atoms with Crippen molar-refractivity contribution in [2.45, 2.75) is 25.8 Å². The van der Waals surface area contributed by atoms with Gasteiger partial charge in [0.25, 0.3) is 0 Å². The highest BCUT2D eigenvalue weighted by Crippen LogP contribution is 2.30. The Kier molecular flexibility index (Phi) is 7.16. The van der Waals surface area contributed by atoms with Gasteiger partial charge in [-0.1, -0.05) is 35.3 Å². The van der Waals surface area contributed by atoms with Crippen molar-refractivity contribution in [2.24, 2.45) is 0 Å². The molecule has 0 saturated carbocycles. The molecule has 1 aliphatic heterocycles. The van der Waals surface area contributed by atoms with Crippen LogP contribution in [0.15, 0.2) is 42.5 Å². The lowest BCUT2D eigenvalue weighted by Gasteiger charge is -2.24. The molecule has 6 nitrogen and oxygen atoms in total. The SMILES string of the molecule is CC(NC(=O)CN(c1cc(Cl)ccc1Cl)S(C)(=O)=O)c1ccc(N2CCCC2)cc1. The molecule has 0 bridgehead atoms. The van der Waals surface area contributed by atoms with Crippen LogP contribution in [0.1, 0.15) is 31.4 Å². The number of nitrogens with one attached hydrogen (secondary N) is 1. The Labute approximate surface area is 187 Å². The van der Waals surface area contributed by atoms with Crippen LogP contribution in [0.25, 0.3) is 0 Å². The number of anilines is 2. The van der Waals surface area contributed by atoms with Gasteiger partial charge < -0.3 is 10.2 Å². The molecule has 2 aromatic rings. The number of rotatable bonds is 7. The van der Waals surface area contributed by atoms with E-state index >= 15 is 0 Å². The minimum Gasteiger partial charge on any atom is -0.372 e. The molecule has 1 fully saturated rings. The number of benzene rings is 2. The maximum Gasteiger partial charge on any atom is 0.241 e. The second-order valence-electron chi connectivity index (χ2n) is 7.44. The van der Waals surface area contributed by atoms with Gasteiger partial charge in [0, 0.05) is 23.8 Å². The zero-order valence-corrected chi connectivity index (χ0v) is 19.3. The van der Waals surface area contributed by atoms with Gasteiger partial charge in [0.05, 0.1) is 23.0 Å². The monoisotopic (exact) mass is 469 g/mol. The van der Waals surface area contributed by atoms with Gasteiger partial charge in [0.1, 0.15) is 6.54 Å². The van der Waals surface area contributed by atoms with Crippen molar-refractivity contribution in [1.29, 1.82) is 0 Å². The maximum atomic E-state index is 12.6. The lowest BCUT2D eigenvalue weighted by Crippen LogP contribution is -2.41. The van der Waals surface area contributed by atoms with Crippen molar-refractivity contribution in [2.75, 3.05) is 35.1 Å². The minimum atomic E-state index is -3.74. The quantitative estimate of drug-likeness (QED) is 0.658. The Balaban J connectivity index is 1.69.